The second-order valence-electron chi connectivity index (χ2n) is 4.72. The van der Waals surface area contributed by atoms with Gasteiger partial charge in [-0.2, -0.15) is 0 Å². The van der Waals surface area contributed by atoms with Crippen LogP contribution < -0.4 is 10.6 Å². The zero-order valence-electron chi connectivity index (χ0n) is 12.4. The summed E-state index contributed by atoms with van der Waals surface area (Å²) in [6, 6.07) is 9.87. The van der Waals surface area contributed by atoms with Gasteiger partial charge in [0.2, 0.25) is 0 Å². The molecule has 0 spiro atoms. The molecule has 1 unspecified atom stereocenters. The minimum absolute atomic E-state index is 0.307. The van der Waals surface area contributed by atoms with Crippen LogP contribution in [0.5, 0.6) is 0 Å². The van der Waals surface area contributed by atoms with Crippen molar-refractivity contribution < 1.29 is 9.50 Å². The highest BCUT2D eigenvalue weighted by Crippen LogP contribution is 2.12. The van der Waals surface area contributed by atoms with Crippen molar-refractivity contribution in [1.82, 2.24) is 10.6 Å². The van der Waals surface area contributed by atoms with Gasteiger partial charge < -0.3 is 15.7 Å². The summed E-state index contributed by atoms with van der Waals surface area (Å²) in [7, 11) is 0. The maximum absolute atomic E-state index is 12.9. The normalized spacial score (nSPS) is 13.0. The highest BCUT2D eigenvalue weighted by molar-refractivity contribution is 7.09. The summed E-state index contributed by atoms with van der Waals surface area (Å²) in [6.07, 6.45) is -0.716. The molecule has 0 amide bonds. The van der Waals surface area contributed by atoms with E-state index >= 15 is 0 Å². The maximum Gasteiger partial charge on any atom is 0.191 e. The lowest BCUT2D eigenvalue weighted by molar-refractivity contribution is 0.180. The molecule has 0 aliphatic carbocycles. The zero-order valence-corrected chi connectivity index (χ0v) is 13.2. The molecule has 22 heavy (non-hydrogen) atoms. The Balaban J connectivity index is 1.90. The van der Waals surface area contributed by atoms with Crippen LogP contribution in [-0.2, 0) is 6.54 Å². The lowest BCUT2D eigenvalue weighted by Crippen LogP contribution is -2.39. The van der Waals surface area contributed by atoms with Crippen LogP contribution in [0, 0.1) is 5.82 Å². The predicted molar refractivity (Wildman–Crippen MR) is 88.5 cm³/mol. The van der Waals surface area contributed by atoms with Gasteiger partial charge in [0.05, 0.1) is 12.6 Å². The fourth-order valence-corrected chi connectivity index (χ4v) is 2.53. The van der Waals surface area contributed by atoms with E-state index in [1.165, 1.54) is 17.0 Å². The molecule has 1 atom stereocenters. The van der Waals surface area contributed by atoms with Gasteiger partial charge in [0.15, 0.2) is 5.96 Å². The lowest BCUT2D eigenvalue weighted by atomic mass is 10.1. The van der Waals surface area contributed by atoms with Crippen LogP contribution in [0.15, 0.2) is 46.8 Å². The number of benzene rings is 1. The van der Waals surface area contributed by atoms with Gasteiger partial charge >= 0.3 is 0 Å². The SMILES string of the molecule is CCNC(=NCc1cccs1)NCC(O)c1ccc(F)cc1. The van der Waals surface area contributed by atoms with Gasteiger partial charge in [0, 0.05) is 18.0 Å². The van der Waals surface area contributed by atoms with Gasteiger partial charge in [-0.05, 0) is 36.1 Å². The third kappa shape index (κ3) is 5.13. The van der Waals surface area contributed by atoms with Crippen LogP contribution in [0.4, 0.5) is 4.39 Å². The van der Waals surface area contributed by atoms with Crippen molar-refractivity contribution in [2.24, 2.45) is 4.99 Å². The van der Waals surface area contributed by atoms with E-state index in [0.717, 1.165) is 6.54 Å². The third-order valence-electron chi connectivity index (χ3n) is 3.03. The minimum atomic E-state index is -0.716. The number of nitrogens with one attached hydrogen (secondary N) is 2. The first-order valence-corrected chi connectivity index (χ1v) is 8.05. The lowest BCUT2D eigenvalue weighted by Gasteiger charge is -2.15. The van der Waals surface area contributed by atoms with Gasteiger partial charge in [-0.3, -0.25) is 0 Å². The fourth-order valence-electron chi connectivity index (χ4n) is 1.90. The van der Waals surface area contributed by atoms with E-state index in [0.29, 0.717) is 24.6 Å². The predicted octanol–water partition coefficient (Wildman–Crippen LogP) is 2.68. The Bertz CT molecular complexity index is 584. The molecule has 0 radical (unpaired) electrons. The first-order chi connectivity index (χ1) is 10.7. The fraction of sp³-hybridized carbons (Fsp3) is 0.312. The van der Waals surface area contributed by atoms with Gasteiger partial charge in [-0.25, -0.2) is 9.38 Å². The topological polar surface area (TPSA) is 56.7 Å². The van der Waals surface area contributed by atoms with Crippen LogP contribution in [0.1, 0.15) is 23.5 Å². The summed E-state index contributed by atoms with van der Waals surface area (Å²) in [4.78, 5) is 5.65. The van der Waals surface area contributed by atoms with E-state index in [1.54, 1.807) is 23.5 Å². The molecule has 3 N–H and O–H groups in total. The number of thiophene rings is 1. The Morgan fingerprint density at radius 1 is 1.27 bits per heavy atom. The Labute approximate surface area is 133 Å². The molecule has 1 heterocycles. The van der Waals surface area contributed by atoms with Crippen molar-refractivity contribution in [2.45, 2.75) is 19.6 Å². The minimum Gasteiger partial charge on any atom is -0.387 e. The van der Waals surface area contributed by atoms with E-state index in [2.05, 4.69) is 15.6 Å². The summed E-state index contributed by atoms with van der Waals surface area (Å²) in [5.41, 5.74) is 0.669. The average Bonchev–Trinajstić information content (AvgIpc) is 3.04. The number of aliphatic hydroxyl groups excluding tert-OH is 1. The molecular formula is C16H20FN3OS. The highest BCUT2D eigenvalue weighted by Gasteiger charge is 2.08. The molecule has 1 aromatic carbocycles. The van der Waals surface area contributed by atoms with Crippen LogP contribution in [0.2, 0.25) is 0 Å². The number of guanidine groups is 1. The first kappa shape index (κ1) is 16.5. The van der Waals surface area contributed by atoms with E-state index < -0.39 is 6.10 Å². The molecule has 4 nitrogen and oxygen atoms in total. The first-order valence-electron chi connectivity index (χ1n) is 7.17. The van der Waals surface area contributed by atoms with Gasteiger partial charge in [-0.1, -0.05) is 18.2 Å². The Kier molecular flexibility index (Phi) is 6.36. The molecule has 0 saturated carbocycles. The molecule has 2 rings (SSSR count). The number of halogens is 1. The molecule has 1 aromatic heterocycles. The van der Waals surface area contributed by atoms with Crippen molar-refractivity contribution in [3.8, 4) is 0 Å². The van der Waals surface area contributed by atoms with E-state index in [4.69, 9.17) is 0 Å². The van der Waals surface area contributed by atoms with Crippen LogP contribution in [-0.4, -0.2) is 24.2 Å². The van der Waals surface area contributed by atoms with Crippen molar-refractivity contribution in [3.63, 3.8) is 0 Å². The second kappa shape index (κ2) is 8.51. The monoisotopic (exact) mass is 321 g/mol. The second-order valence-corrected chi connectivity index (χ2v) is 5.76. The summed E-state index contributed by atoms with van der Waals surface area (Å²) in [5, 5.41) is 18.4. The zero-order chi connectivity index (χ0) is 15.8. The number of hydrogen-bond acceptors (Lipinski definition) is 3. The van der Waals surface area contributed by atoms with Crippen molar-refractivity contribution in [3.05, 3.63) is 58.0 Å². The third-order valence-corrected chi connectivity index (χ3v) is 3.90. The van der Waals surface area contributed by atoms with Crippen LogP contribution >= 0.6 is 11.3 Å². The summed E-state index contributed by atoms with van der Waals surface area (Å²) in [6.45, 7) is 3.63. The molecule has 118 valence electrons. The molecule has 0 bridgehead atoms. The number of aliphatic imine (C=N–C) groups is 1. The van der Waals surface area contributed by atoms with Crippen molar-refractivity contribution in [2.75, 3.05) is 13.1 Å². The Hall–Kier alpha value is -1.92. The molecule has 0 aliphatic heterocycles. The van der Waals surface area contributed by atoms with Gasteiger partial charge in [-0.15, -0.1) is 11.3 Å². The molecule has 6 heteroatoms. The van der Waals surface area contributed by atoms with Gasteiger partial charge in [0.25, 0.3) is 0 Å². The Morgan fingerprint density at radius 2 is 2.05 bits per heavy atom. The van der Waals surface area contributed by atoms with E-state index in [-0.39, 0.29) is 5.82 Å². The molecular weight excluding hydrogens is 301 g/mol. The summed E-state index contributed by atoms with van der Waals surface area (Å²) >= 11 is 1.66. The van der Waals surface area contributed by atoms with Crippen LogP contribution in [0.25, 0.3) is 0 Å². The van der Waals surface area contributed by atoms with Crippen LogP contribution in [0.3, 0.4) is 0 Å². The highest BCUT2D eigenvalue weighted by atomic mass is 32.1. The standard InChI is InChI=1S/C16H20FN3OS/c1-2-18-16(19-10-14-4-3-9-22-14)20-11-15(21)12-5-7-13(17)8-6-12/h3-9,15,21H,2,10-11H2,1H3,(H2,18,19,20). The number of hydrogen-bond donors (Lipinski definition) is 3. The molecule has 0 aliphatic rings. The maximum atomic E-state index is 12.9. The summed E-state index contributed by atoms with van der Waals surface area (Å²) in [5.74, 6) is 0.340. The van der Waals surface area contributed by atoms with E-state index in [1.807, 2.05) is 24.4 Å². The average molecular weight is 321 g/mol. The molecule has 2 aromatic rings. The number of aliphatic hydroxyl groups is 1. The quantitative estimate of drug-likeness (QED) is 0.566. The molecule has 0 fully saturated rings. The Morgan fingerprint density at radius 3 is 2.68 bits per heavy atom. The summed E-state index contributed by atoms with van der Waals surface area (Å²) < 4.78 is 12.9. The smallest absolute Gasteiger partial charge is 0.191 e. The number of rotatable bonds is 6. The van der Waals surface area contributed by atoms with Gasteiger partial charge in [0.1, 0.15) is 5.82 Å². The van der Waals surface area contributed by atoms with E-state index in [9.17, 15) is 9.50 Å². The number of nitrogens with zero attached hydrogens (tertiary/aromatic N) is 1. The largest absolute Gasteiger partial charge is 0.387 e. The molecule has 0 saturated heterocycles. The van der Waals surface area contributed by atoms with Crippen molar-refractivity contribution >= 4 is 17.3 Å². The van der Waals surface area contributed by atoms with Crippen molar-refractivity contribution in [1.29, 1.82) is 0 Å².